The van der Waals surface area contributed by atoms with Crippen LogP contribution in [-0.2, 0) is 4.79 Å². The Bertz CT molecular complexity index is 296. The number of rotatable bonds is 3. The molecule has 1 amide bonds. The number of likely N-dealkylation sites (tertiary alicyclic amines) is 1. The van der Waals surface area contributed by atoms with Gasteiger partial charge in [0.2, 0.25) is 5.91 Å². The van der Waals surface area contributed by atoms with Crippen molar-refractivity contribution in [3.8, 4) is 0 Å². The molecule has 0 aromatic heterocycles. The van der Waals surface area contributed by atoms with Gasteiger partial charge in [-0.05, 0) is 6.42 Å². The molecule has 0 radical (unpaired) electrons. The smallest absolute Gasteiger partial charge is 0.380 e. The molecule has 106 valence electrons. The van der Waals surface area contributed by atoms with Crippen LogP contribution < -0.4 is 0 Å². The van der Waals surface area contributed by atoms with Gasteiger partial charge in [0.1, 0.15) is 0 Å². The third kappa shape index (κ3) is 3.16. The maximum atomic E-state index is 12.6. The Labute approximate surface area is 105 Å². The summed E-state index contributed by atoms with van der Waals surface area (Å²) in [6.07, 6.45) is -3.87. The molecule has 1 heterocycles. The standard InChI is InChI=1S/C12H20F3NO2/c1-3-4-9(2)10(17)16-7-5-11(18,6-8-16)12(13,14)15/h9,18H,3-8H2,1-2H3/t9-/m0/s1. The molecule has 0 bridgehead atoms. The zero-order valence-electron chi connectivity index (χ0n) is 10.8. The zero-order chi connectivity index (χ0) is 14.0. The minimum absolute atomic E-state index is 0.0249. The Hall–Kier alpha value is -0.780. The molecule has 1 atom stereocenters. The number of hydrogen-bond acceptors (Lipinski definition) is 2. The third-order valence-electron chi connectivity index (χ3n) is 3.57. The molecule has 1 aliphatic rings. The molecule has 0 aromatic rings. The molecule has 0 aromatic carbocycles. The summed E-state index contributed by atoms with van der Waals surface area (Å²) in [4.78, 5) is 13.3. The fourth-order valence-corrected chi connectivity index (χ4v) is 2.25. The Morgan fingerprint density at radius 2 is 1.89 bits per heavy atom. The number of nitrogens with zero attached hydrogens (tertiary/aromatic N) is 1. The van der Waals surface area contributed by atoms with Crippen LogP contribution in [0.15, 0.2) is 0 Å². The molecule has 0 saturated carbocycles. The van der Waals surface area contributed by atoms with Gasteiger partial charge in [0.05, 0.1) is 0 Å². The first kappa shape index (κ1) is 15.3. The summed E-state index contributed by atoms with van der Waals surface area (Å²) in [5, 5.41) is 9.49. The van der Waals surface area contributed by atoms with Gasteiger partial charge in [-0.25, -0.2) is 0 Å². The van der Waals surface area contributed by atoms with E-state index >= 15 is 0 Å². The van der Waals surface area contributed by atoms with Crippen LogP contribution in [0.2, 0.25) is 0 Å². The minimum atomic E-state index is -4.61. The highest BCUT2D eigenvalue weighted by molar-refractivity contribution is 5.78. The summed E-state index contributed by atoms with van der Waals surface area (Å²) in [6.45, 7) is 3.70. The van der Waals surface area contributed by atoms with E-state index in [9.17, 15) is 23.1 Å². The van der Waals surface area contributed by atoms with Crippen LogP contribution >= 0.6 is 0 Å². The minimum Gasteiger partial charge on any atom is -0.380 e. The Balaban J connectivity index is 2.56. The summed E-state index contributed by atoms with van der Waals surface area (Å²) in [5.74, 6) is -0.270. The highest BCUT2D eigenvalue weighted by Gasteiger charge is 2.54. The zero-order valence-corrected chi connectivity index (χ0v) is 10.8. The number of amides is 1. The summed E-state index contributed by atoms with van der Waals surface area (Å²) in [5.41, 5.74) is -2.63. The summed E-state index contributed by atoms with van der Waals surface area (Å²) < 4.78 is 37.7. The van der Waals surface area contributed by atoms with Gasteiger partial charge in [0, 0.05) is 31.8 Å². The average Bonchev–Trinajstić information content (AvgIpc) is 2.28. The maximum absolute atomic E-state index is 12.6. The van der Waals surface area contributed by atoms with Crippen LogP contribution in [0.3, 0.4) is 0 Å². The van der Waals surface area contributed by atoms with E-state index in [4.69, 9.17) is 0 Å². The number of carbonyl (C=O) groups excluding carboxylic acids is 1. The van der Waals surface area contributed by atoms with Crippen molar-refractivity contribution in [2.24, 2.45) is 5.92 Å². The summed E-state index contributed by atoms with van der Waals surface area (Å²) >= 11 is 0. The Kier molecular flexibility index (Phi) is 4.64. The van der Waals surface area contributed by atoms with Crippen molar-refractivity contribution in [1.82, 2.24) is 4.90 Å². The van der Waals surface area contributed by atoms with Gasteiger partial charge >= 0.3 is 6.18 Å². The molecule has 1 fully saturated rings. The van der Waals surface area contributed by atoms with Crippen molar-refractivity contribution < 1.29 is 23.1 Å². The molecule has 6 heteroatoms. The molecule has 3 nitrogen and oxygen atoms in total. The fourth-order valence-electron chi connectivity index (χ4n) is 2.25. The lowest BCUT2D eigenvalue weighted by Gasteiger charge is -2.39. The number of alkyl halides is 3. The van der Waals surface area contributed by atoms with Gasteiger partial charge in [-0.15, -0.1) is 0 Å². The first-order valence-corrected chi connectivity index (χ1v) is 6.29. The third-order valence-corrected chi connectivity index (χ3v) is 3.57. The van der Waals surface area contributed by atoms with E-state index in [1.807, 2.05) is 6.92 Å². The van der Waals surface area contributed by atoms with E-state index in [0.29, 0.717) is 0 Å². The number of piperidine rings is 1. The van der Waals surface area contributed by atoms with Crippen molar-refractivity contribution >= 4 is 5.91 Å². The lowest BCUT2D eigenvalue weighted by Crippen LogP contribution is -2.55. The van der Waals surface area contributed by atoms with E-state index in [1.165, 1.54) is 4.90 Å². The quantitative estimate of drug-likeness (QED) is 0.852. The van der Waals surface area contributed by atoms with Gasteiger partial charge in [-0.3, -0.25) is 4.79 Å². The van der Waals surface area contributed by atoms with Crippen LogP contribution in [0.5, 0.6) is 0 Å². The first-order chi connectivity index (χ1) is 8.21. The monoisotopic (exact) mass is 267 g/mol. The van der Waals surface area contributed by atoms with Crippen molar-refractivity contribution in [2.45, 2.75) is 51.3 Å². The normalized spacial score (nSPS) is 21.8. The number of carbonyl (C=O) groups is 1. The fraction of sp³-hybridized carbons (Fsp3) is 0.917. The molecular formula is C12H20F3NO2. The molecule has 1 saturated heterocycles. The van der Waals surface area contributed by atoms with Crippen LogP contribution in [-0.4, -0.2) is 40.8 Å². The second kappa shape index (κ2) is 5.47. The van der Waals surface area contributed by atoms with Crippen molar-refractivity contribution in [1.29, 1.82) is 0 Å². The lowest BCUT2D eigenvalue weighted by molar-refractivity contribution is -0.272. The van der Waals surface area contributed by atoms with E-state index in [2.05, 4.69) is 0 Å². The summed E-state index contributed by atoms with van der Waals surface area (Å²) in [7, 11) is 0. The van der Waals surface area contributed by atoms with Crippen molar-refractivity contribution in [2.75, 3.05) is 13.1 Å². The van der Waals surface area contributed by atoms with Crippen molar-refractivity contribution in [3.05, 3.63) is 0 Å². The molecule has 18 heavy (non-hydrogen) atoms. The van der Waals surface area contributed by atoms with Crippen LogP contribution in [0, 0.1) is 5.92 Å². The predicted molar refractivity (Wildman–Crippen MR) is 60.9 cm³/mol. The van der Waals surface area contributed by atoms with E-state index < -0.39 is 24.6 Å². The van der Waals surface area contributed by atoms with Gasteiger partial charge < -0.3 is 10.0 Å². The van der Waals surface area contributed by atoms with Gasteiger partial charge in [-0.1, -0.05) is 20.3 Å². The van der Waals surface area contributed by atoms with Crippen LogP contribution in [0.25, 0.3) is 0 Å². The molecule has 1 N–H and O–H groups in total. The van der Waals surface area contributed by atoms with E-state index in [1.54, 1.807) is 6.92 Å². The SMILES string of the molecule is CCC[C@H](C)C(=O)N1CCC(O)(C(F)(F)F)CC1. The predicted octanol–water partition coefficient (Wildman–Crippen LogP) is 2.34. The second-order valence-electron chi connectivity index (χ2n) is 5.04. The Morgan fingerprint density at radius 1 is 1.39 bits per heavy atom. The molecule has 1 aliphatic heterocycles. The van der Waals surface area contributed by atoms with E-state index in [-0.39, 0.29) is 24.9 Å². The molecule has 1 rings (SSSR count). The second-order valence-corrected chi connectivity index (χ2v) is 5.04. The first-order valence-electron chi connectivity index (χ1n) is 6.29. The van der Waals surface area contributed by atoms with Gasteiger partial charge in [-0.2, -0.15) is 13.2 Å². The molecule has 0 aliphatic carbocycles. The van der Waals surface area contributed by atoms with Gasteiger partial charge in [0.15, 0.2) is 5.60 Å². The largest absolute Gasteiger partial charge is 0.417 e. The number of halogens is 3. The molecule has 0 unspecified atom stereocenters. The highest BCUT2D eigenvalue weighted by atomic mass is 19.4. The van der Waals surface area contributed by atoms with Crippen molar-refractivity contribution in [3.63, 3.8) is 0 Å². The maximum Gasteiger partial charge on any atom is 0.417 e. The summed E-state index contributed by atoms with van der Waals surface area (Å²) in [6, 6.07) is 0. The highest BCUT2D eigenvalue weighted by Crippen LogP contribution is 2.38. The average molecular weight is 267 g/mol. The lowest BCUT2D eigenvalue weighted by atomic mass is 9.90. The Morgan fingerprint density at radius 3 is 2.28 bits per heavy atom. The van der Waals surface area contributed by atoms with Gasteiger partial charge in [0.25, 0.3) is 0 Å². The van der Waals surface area contributed by atoms with E-state index in [0.717, 1.165) is 12.8 Å². The molecule has 0 spiro atoms. The topological polar surface area (TPSA) is 40.5 Å². The molecular weight excluding hydrogens is 247 g/mol. The number of hydrogen-bond donors (Lipinski definition) is 1. The number of aliphatic hydroxyl groups is 1. The van der Waals surface area contributed by atoms with Crippen LogP contribution in [0.1, 0.15) is 39.5 Å². The van der Waals surface area contributed by atoms with Crippen LogP contribution in [0.4, 0.5) is 13.2 Å².